The lowest BCUT2D eigenvalue weighted by Crippen LogP contribution is -2.38. The summed E-state index contributed by atoms with van der Waals surface area (Å²) in [6, 6.07) is 7.89. The van der Waals surface area contributed by atoms with Gasteiger partial charge in [-0.25, -0.2) is 0 Å². The zero-order valence-corrected chi connectivity index (χ0v) is 15.7. The third-order valence-corrected chi connectivity index (χ3v) is 3.63. The zero-order valence-electron chi connectivity index (χ0n) is 15.7. The Morgan fingerprint density at radius 2 is 2.15 bits per heavy atom. The van der Waals surface area contributed by atoms with E-state index in [9.17, 15) is 0 Å². The molecule has 2 rings (SSSR count). The van der Waals surface area contributed by atoms with Gasteiger partial charge in [0.25, 0.3) is 0 Å². The summed E-state index contributed by atoms with van der Waals surface area (Å²) in [4.78, 5) is 8.59. The lowest BCUT2D eigenvalue weighted by molar-refractivity contribution is 0.358. The first kappa shape index (κ1) is 19.5. The molecular formula is C19H27N5O2. The van der Waals surface area contributed by atoms with E-state index in [2.05, 4.69) is 32.3 Å². The maximum absolute atomic E-state index is 5.67. The van der Waals surface area contributed by atoms with Crippen molar-refractivity contribution in [3.05, 3.63) is 54.2 Å². The monoisotopic (exact) mass is 357 g/mol. The Morgan fingerprint density at radius 3 is 2.85 bits per heavy atom. The van der Waals surface area contributed by atoms with Gasteiger partial charge in [-0.3, -0.25) is 4.99 Å². The molecule has 2 N–H and O–H groups in total. The van der Waals surface area contributed by atoms with Crippen molar-refractivity contribution >= 4 is 5.96 Å². The molecule has 1 aromatic heterocycles. The highest BCUT2D eigenvalue weighted by Gasteiger charge is 2.09. The van der Waals surface area contributed by atoms with Crippen LogP contribution >= 0.6 is 0 Å². The van der Waals surface area contributed by atoms with E-state index in [1.54, 1.807) is 13.1 Å². The van der Waals surface area contributed by atoms with E-state index < -0.39 is 0 Å². The second kappa shape index (κ2) is 10.2. The van der Waals surface area contributed by atoms with Crippen LogP contribution in [0.25, 0.3) is 0 Å². The van der Waals surface area contributed by atoms with E-state index in [1.165, 1.54) is 0 Å². The Hall–Kier alpha value is -2.83. The summed E-state index contributed by atoms with van der Waals surface area (Å²) in [5.74, 6) is 3.16. The molecule has 0 aliphatic heterocycles. The number of hydrogen-bond donors (Lipinski definition) is 2. The summed E-state index contributed by atoms with van der Waals surface area (Å²) >= 11 is 0. The molecule has 0 saturated heterocycles. The van der Waals surface area contributed by atoms with Gasteiger partial charge in [-0.15, -0.1) is 0 Å². The molecule has 140 valence electrons. The van der Waals surface area contributed by atoms with Crippen molar-refractivity contribution in [3.8, 4) is 5.75 Å². The summed E-state index contributed by atoms with van der Waals surface area (Å²) in [5, 5.41) is 10.5. The van der Waals surface area contributed by atoms with Crippen LogP contribution in [-0.4, -0.2) is 36.3 Å². The van der Waals surface area contributed by atoms with E-state index in [0.29, 0.717) is 38.0 Å². The van der Waals surface area contributed by atoms with Gasteiger partial charge in [-0.1, -0.05) is 49.9 Å². The predicted molar refractivity (Wildman–Crippen MR) is 102 cm³/mol. The molecule has 0 fully saturated rings. The topological polar surface area (TPSA) is 84.6 Å². The first-order valence-corrected chi connectivity index (χ1v) is 8.72. The van der Waals surface area contributed by atoms with Gasteiger partial charge in [0.2, 0.25) is 5.89 Å². The molecule has 0 aliphatic rings. The van der Waals surface area contributed by atoms with Gasteiger partial charge in [-0.05, 0) is 6.07 Å². The highest BCUT2D eigenvalue weighted by Crippen LogP contribution is 2.17. The number of rotatable bonds is 9. The molecule has 7 nitrogen and oxygen atoms in total. The summed E-state index contributed by atoms with van der Waals surface area (Å²) in [6.07, 6.45) is 2.37. The van der Waals surface area contributed by atoms with E-state index in [0.717, 1.165) is 17.1 Å². The normalized spacial score (nSPS) is 11.5. The number of aromatic nitrogens is 2. The van der Waals surface area contributed by atoms with Crippen molar-refractivity contribution in [2.24, 2.45) is 4.99 Å². The van der Waals surface area contributed by atoms with E-state index in [1.807, 2.05) is 38.1 Å². The van der Waals surface area contributed by atoms with E-state index >= 15 is 0 Å². The van der Waals surface area contributed by atoms with Crippen LogP contribution in [0.2, 0.25) is 0 Å². The Kier molecular flexibility index (Phi) is 7.67. The minimum atomic E-state index is 0.262. The standard InChI is InChI=1S/C19H27N5O2/c1-5-12-25-16-9-7-6-8-15(16)13-22-19(20-4)21-11-10-17-23-18(14(2)3)24-26-17/h5-9,14H,1,10-13H2,2-4H3,(H2,20,21,22). The second-order valence-corrected chi connectivity index (χ2v) is 6.01. The molecule has 0 atom stereocenters. The van der Waals surface area contributed by atoms with Gasteiger partial charge in [0.1, 0.15) is 12.4 Å². The van der Waals surface area contributed by atoms with E-state index in [-0.39, 0.29) is 5.92 Å². The largest absolute Gasteiger partial charge is 0.489 e. The molecule has 1 aromatic carbocycles. The number of hydrogen-bond acceptors (Lipinski definition) is 5. The SMILES string of the molecule is C=CCOc1ccccc1CNC(=NC)NCCc1nc(C(C)C)no1. The molecule has 7 heteroatoms. The highest BCUT2D eigenvalue weighted by atomic mass is 16.5. The number of para-hydroxylation sites is 1. The lowest BCUT2D eigenvalue weighted by atomic mass is 10.2. The minimum Gasteiger partial charge on any atom is -0.489 e. The maximum Gasteiger partial charge on any atom is 0.228 e. The number of guanidine groups is 1. The Balaban J connectivity index is 1.81. The molecule has 0 radical (unpaired) electrons. The fraction of sp³-hybridized carbons (Fsp3) is 0.421. The number of aliphatic imine (C=N–C) groups is 1. The summed E-state index contributed by atoms with van der Waals surface area (Å²) in [5.41, 5.74) is 1.05. The fourth-order valence-corrected chi connectivity index (χ4v) is 2.23. The zero-order chi connectivity index (χ0) is 18.8. The van der Waals surface area contributed by atoms with Crippen LogP contribution in [0.5, 0.6) is 5.75 Å². The van der Waals surface area contributed by atoms with Crippen LogP contribution in [0.15, 0.2) is 46.4 Å². The van der Waals surface area contributed by atoms with Gasteiger partial charge in [0.15, 0.2) is 11.8 Å². The third kappa shape index (κ3) is 5.91. The first-order chi connectivity index (χ1) is 12.6. The van der Waals surface area contributed by atoms with Gasteiger partial charge >= 0.3 is 0 Å². The third-order valence-electron chi connectivity index (χ3n) is 3.63. The smallest absolute Gasteiger partial charge is 0.228 e. The Bertz CT molecular complexity index is 724. The van der Waals surface area contributed by atoms with Crippen molar-refractivity contribution in [3.63, 3.8) is 0 Å². The average molecular weight is 357 g/mol. The van der Waals surface area contributed by atoms with Crippen LogP contribution in [0.3, 0.4) is 0 Å². The minimum absolute atomic E-state index is 0.262. The van der Waals surface area contributed by atoms with Crippen LogP contribution in [0.1, 0.15) is 37.0 Å². The molecule has 0 saturated carbocycles. The summed E-state index contributed by atoms with van der Waals surface area (Å²) in [7, 11) is 1.74. The Labute approximate surface area is 154 Å². The molecule has 1 heterocycles. The average Bonchev–Trinajstić information content (AvgIpc) is 3.12. The van der Waals surface area contributed by atoms with Crippen molar-refractivity contribution in [2.75, 3.05) is 20.2 Å². The van der Waals surface area contributed by atoms with Gasteiger partial charge < -0.3 is 19.9 Å². The molecule has 0 bridgehead atoms. The predicted octanol–water partition coefficient (Wildman–Crippen LogP) is 2.67. The number of nitrogens with one attached hydrogen (secondary N) is 2. The van der Waals surface area contributed by atoms with Crippen LogP contribution in [0.4, 0.5) is 0 Å². The van der Waals surface area contributed by atoms with Crippen LogP contribution < -0.4 is 15.4 Å². The van der Waals surface area contributed by atoms with Crippen molar-refractivity contribution in [2.45, 2.75) is 32.7 Å². The van der Waals surface area contributed by atoms with Crippen molar-refractivity contribution in [1.82, 2.24) is 20.8 Å². The first-order valence-electron chi connectivity index (χ1n) is 8.72. The summed E-state index contributed by atoms with van der Waals surface area (Å²) in [6.45, 7) is 9.48. The molecule has 0 unspecified atom stereocenters. The Morgan fingerprint density at radius 1 is 1.35 bits per heavy atom. The quantitative estimate of drug-likeness (QED) is 0.408. The fourth-order valence-electron chi connectivity index (χ4n) is 2.23. The highest BCUT2D eigenvalue weighted by molar-refractivity contribution is 5.79. The molecule has 0 amide bonds. The molecule has 2 aromatic rings. The molecule has 0 aliphatic carbocycles. The number of ether oxygens (including phenoxy) is 1. The maximum atomic E-state index is 5.67. The number of nitrogens with zero attached hydrogens (tertiary/aromatic N) is 3. The van der Waals surface area contributed by atoms with Crippen molar-refractivity contribution < 1.29 is 9.26 Å². The molecule has 26 heavy (non-hydrogen) atoms. The van der Waals surface area contributed by atoms with E-state index in [4.69, 9.17) is 9.26 Å². The van der Waals surface area contributed by atoms with Crippen LogP contribution in [0, 0.1) is 0 Å². The molecule has 0 spiro atoms. The lowest BCUT2D eigenvalue weighted by Gasteiger charge is -2.14. The second-order valence-electron chi connectivity index (χ2n) is 6.01. The number of benzene rings is 1. The van der Waals surface area contributed by atoms with Gasteiger partial charge in [0, 0.05) is 38.0 Å². The van der Waals surface area contributed by atoms with Crippen molar-refractivity contribution in [1.29, 1.82) is 0 Å². The van der Waals surface area contributed by atoms with Gasteiger partial charge in [0.05, 0.1) is 0 Å². The van der Waals surface area contributed by atoms with Gasteiger partial charge in [-0.2, -0.15) is 4.98 Å². The molecular weight excluding hydrogens is 330 g/mol. The summed E-state index contributed by atoms with van der Waals surface area (Å²) < 4.78 is 10.9. The van der Waals surface area contributed by atoms with Crippen LogP contribution in [-0.2, 0) is 13.0 Å².